The van der Waals surface area contributed by atoms with Crippen LogP contribution < -0.4 is 0 Å². The van der Waals surface area contributed by atoms with Crippen LogP contribution >= 0.6 is 0 Å². The van der Waals surface area contributed by atoms with E-state index in [1.807, 2.05) is 6.08 Å². The van der Waals surface area contributed by atoms with Crippen LogP contribution in [0, 0.1) is 0 Å². The van der Waals surface area contributed by atoms with Gasteiger partial charge in [0, 0.05) is 18.9 Å². The predicted molar refractivity (Wildman–Crippen MR) is 98.3 cm³/mol. The molecule has 2 unspecified atom stereocenters. The number of allylic oxidation sites excluding steroid dienone is 2. The number of hydrogen-bond donors (Lipinski definition) is 3. The van der Waals surface area contributed by atoms with Gasteiger partial charge in [-0.1, -0.05) is 50.5 Å². The molecule has 0 aromatic carbocycles. The van der Waals surface area contributed by atoms with Crippen molar-refractivity contribution in [3.8, 4) is 0 Å². The summed E-state index contributed by atoms with van der Waals surface area (Å²) in [4.78, 5) is 22.5. The lowest BCUT2D eigenvalue weighted by atomic mass is 9.99. The van der Waals surface area contributed by atoms with E-state index in [2.05, 4.69) is 6.92 Å². The number of rotatable bonds is 12. The summed E-state index contributed by atoms with van der Waals surface area (Å²) in [5.41, 5.74) is 0.703. The van der Waals surface area contributed by atoms with Gasteiger partial charge in [0.1, 0.15) is 0 Å². The fourth-order valence-corrected chi connectivity index (χ4v) is 2.73. The molecular formula is C20H30O6. The van der Waals surface area contributed by atoms with Crippen LogP contribution in [0.25, 0.3) is 0 Å². The van der Waals surface area contributed by atoms with Gasteiger partial charge in [0.05, 0.1) is 11.7 Å². The molecule has 0 amide bonds. The maximum Gasteiger partial charge on any atom is 0.337 e. The topological polar surface area (TPSA) is 104 Å². The molecule has 146 valence electrons. The summed E-state index contributed by atoms with van der Waals surface area (Å²) >= 11 is 0. The third-order valence-corrected chi connectivity index (χ3v) is 4.20. The lowest BCUT2D eigenvalue weighted by molar-refractivity contribution is -0.174. The highest BCUT2D eigenvalue weighted by molar-refractivity contribution is 5.93. The summed E-state index contributed by atoms with van der Waals surface area (Å²) in [7, 11) is 0. The van der Waals surface area contributed by atoms with Crippen molar-refractivity contribution in [2.24, 2.45) is 0 Å². The average Bonchev–Trinajstić information content (AvgIpc) is 2.77. The van der Waals surface area contributed by atoms with E-state index in [9.17, 15) is 19.8 Å². The smallest absolute Gasteiger partial charge is 0.337 e. The molecule has 0 aromatic rings. The van der Waals surface area contributed by atoms with Gasteiger partial charge in [-0.05, 0) is 25.7 Å². The molecule has 0 fully saturated rings. The first kappa shape index (κ1) is 22.1. The van der Waals surface area contributed by atoms with Crippen LogP contribution in [0.15, 0.2) is 35.5 Å². The number of unbranched alkanes of at least 4 members (excludes halogenated alkanes) is 3. The fraction of sp³-hybridized carbons (Fsp3) is 0.600. The minimum Gasteiger partial charge on any atom is -0.481 e. The number of esters is 1. The Balaban J connectivity index is 2.72. The Kier molecular flexibility index (Phi) is 9.30. The third-order valence-electron chi connectivity index (χ3n) is 4.20. The quantitative estimate of drug-likeness (QED) is 0.278. The van der Waals surface area contributed by atoms with Gasteiger partial charge < -0.3 is 20.1 Å². The van der Waals surface area contributed by atoms with Crippen molar-refractivity contribution in [1.29, 1.82) is 0 Å². The van der Waals surface area contributed by atoms with Gasteiger partial charge in [-0.2, -0.15) is 0 Å². The summed E-state index contributed by atoms with van der Waals surface area (Å²) in [6.07, 6.45) is 11.3. The molecule has 26 heavy (non-hydrogen) atoms. The minimum atomic E-state index is -1.71. The minimum absolute atomic E-state index is 0.105. The summed E-state index contributed by atoms with van der Waals surface area (Å²) in [5, 5.41) is 28.9. The molecule has 0 aliphatic carbocycles. The monoisotopic (exact) mass is 366 g/mol. The molecule has 3 N–H and O–H groups in total. The van der Waals surface area contributed by atoms with Gasteiger partial charge in [0.2, 0.25) is 5.79 Å². The van der Waals surface area contributed by atoms with E-state index < -0.39 is 23.8 Å². The van der Waals surface area contributed by atoms with Crippen LogP contribution in [0.1, 0.15) is 65.2 Å². The standard InChI is InChI=1S/C20H30O6/c1-3-4-7-10-15(21)13-14-17-16(19(24)26-20(17,2)25)11-8-5-6-9-12-18(22)23/h5,8,13-15,21,25H,3-4,6-7,9-12H2,1-2H3,(H,22,23)/b8-5-,14-13+. The summed E-state index contributed by atoms with van der Waals surface area (Å²) in [5.74, 6) is -3.12. The third kappa shape index (κ3) is 7.54. The van der Waals surface area contributed by atoms with E-state index in [0.29, 0.717) is 30.4 Å². The second-order valence-corrected chi connectivity index (χ2v) is 6.65. The predicted octanol–water partition coefficient (Wildman–Crippen LogP) is 3.25. The first-order valence-electron chi connectivity index (χ1n) is 9.20. The highest BCUT2D eigenvalue weighted by atomic mass is 16.7. The highest BCUT2D eigenvalue weighted by Gasteiger charge is 2.40. The van der Waals surface area contributed by atoms with E-state index in [4.69, 9.17) is 9.84 Å². The highest BCUT2D eigenvalue weighted by Crippen LogP contribution is 2.33. The molecule has 0 aromatic heterocycles. The molecule has 1 rings (SSSR count). The lowest BCUT2D eigenvalue weighted by Gasteiger charge is -2.17. The molecule has 1 aliphatic heterocycles. The van der Waals surface area contributed by atoms with Crippen LogP contribution in [0.2, 0.25) is 0 Å². The van der Waals surface area contributed by atoms with Crippen molar-refractivity contribution in [3.05, 3.63) is 35.5 Å². The number of aliphatic carboxylic acids is 1. The molecule has 0 bridgehead atoms. The van der Waals surface area contributed by atoms with E-state index >= 15 is 0 Å². The summed E-state index contributed by atoms with van der Waals surface area (Å²) < 4.78 is 5.01. The van der Waals surface area contributed by atoms with Crippen LogP contribution in [-0.4, -0.2) is 39.1 Å². The zero-order valence-electron chi connectivity index (χ0n) is 15.6. The van der Waals surface area contributed by atoms with E-state index in [1.165, 1.54) is 6.92 Å². The number of carbonyl (C=O) groups is 2. The molecule has 1 heterocycles. The zero-order valence-corrected chi connectivity index (χ0v) is 15.6. The van der Waals surface area contributed by atoms with Gasteiger partial charge in [-0.25, -0.2) is 4.79 Å². The summed E-state index contributed by atoms with van der Waals surface area (Å²) in [6, 6.07) is 0. The average molecular weight is 366 g/mol. The number of hydrogen-bond acceptors (Lipinski definition) is 5. The van der Waals surface area contributed by atoms with Crippen molar-refractivity contribution in [1.82, 2.24) is 0 Å². The Hall–Kier alpha value is -1.92. The van der Waals surface area contributed by atoms with Gasteiger partial charge >= 0.3 is 11.9 Å². The van der Waals surface area contributed by atoms with Crippen molar-refractivity contribution in [3.63, 3.8) is 0 Å². The van der Waals surface area contributed by atoms with Crippen LogP contribution in [-0.2, 0) is 14.3 Å². The Morgan fingerprint density at radius 1 is 1.27 bits per heavy atom. The van der Waals surface area contributed by atoms with Crippen molar-refractivity contribution >= 4 is 11.9 Å². The van der Waals surface area contributed by atoms with Gasteiger partial charge in [0.25, 0.3) is 0 Å². The lowest BCUT2D eigenvalue weighted by Crippen LogP contribution is -2.26. The van der Waals surface area contributed by atoms with E-state index in [1.54, 1.807) is 18.2 Å². The van der Waals surface area contributed by atoms with Gasteiger partial charge in [0.15, 0.2) is 0 Å². The van der Waals surface area contributed by atoms with Crippen LogP contribution in [0.3, 0.4) is 0 Å². The normalized spacial score (nSPS) is 21.8. The number of aliphatic hydroxyl groups is 2. The number of aliphatic hydroxyl groups excluding tert-OH is 1. The molecule has 2 atom stereocenters. The maximum absolute atomic E-state index is 12.0. The molecule has 0 spiro atoms. The van der Waals surface area contributed by atoms with Crippen LogP contribution in [0.5, 0.6) is 0 Å². The molecule has 0 saturated heterocycles. The number of carbonyl (C=O) groups excluding carboxylic acids is 1. The zero-order chi connectivity index (χ0) is 19.6. The Labute approximate surface area is 154 Å². The number of carboxylic acids is 1. The second kappa shape index (κ2) is 10.9. The van der Waals surface area contributed by atoms with E-state index in [-0.39, 0.29) is 12.8 Å². The second-order valence-electron chi connectivity index (χ2n) is 6.65. The van der Waals surface area contributed by atoms with E-state index in [0.717, 1.165) is 19.3 Å². The summed E-state index contributed by atoms with van der Waals surface area (Å²) in [6.45, 7) is 3.49. The molecule has 6 heteroatoms. The van der Waals surface area contributed by atoms with Crippen molar-refractivity contribution < 1.29 is 29.6 Å². The Morgan fingerprint density at radius 2 is 2.00 bits per heavy atom. The largest absolute Gasteiger partial charge is 0.481 e. The molecule has 6 nitrogen and oxygen atoms in total. The molecule has 0 radical (unpaired) electrons. The van der Waals surface area contributed by atoms with Gasteiger partial charge in [-0.15, -0.1) is 0 Å². The van der Waals surface area contributed by atoms with Gasteiger partial charge in [-0.3, -0.25) is 4.79 Å². The fourth-order valence-electron chi connectivity index (χ4n) is 2.73. The SMILES string of the molecule is CCCCCC(O)/C=C/C1=C(C/C=C\CCCC(=O)O)C(=O)OC1(C)O. The Bertz CT molecular complexity index is 571. The molecule has 0 saturated carbocycles. The van der Waals surface area contributed by atoms with Crippen molar-refractivity contribution in [2.45, 2.75) is 77.1 Å². The first-order valence-corrected chi connectivity index (χ1v) is 9.20. The van der Waals surface area contributed by atoms with Crippen molar-refractivity contribution in [2.75, 3.05) is 0 Å². The maximum atomic E-state index is 12.0. The number of ether oxygens (including phenoxy) is 1. The Morgan fingerprint density at radius 3 is 2.65 bits per heavy atom. The molecular weight excluding hydrogens is 336 g/mol. The number of cyclic esters (lactones) is 1. The molecule has 1 aliphatic rings. The first-order chi connectivity index (χ1) is 12.3. The number of carboxylic acid groups (broad SMARTS) is 1. The van der Waals surface area contributed by atoms with Crippen LogP contribution in [0.4, 0.5) is 0 Å².